The minimum absolute atomic E-state index is 0.0468. The topological polar surface area (TPSA) is 91.3 Å². The van der Waals surface area contributed by atoms with Crippen LogP contribution in [0.15, 0.2) is 12.3 Å². The Morgan fingerprint density at radius 1 is 1.45 bits per heavy atom. The van der Waals surface area contributed by atoms with Gasteiger partial charge in [0.05, 0.1) is 5.69 Å². The van der Waals surface area contributed by atoms with E-state index in [0.717, 1.165) is 12.1 Å². The quantitative estimate of drug-likeness (QED) is 0.708. The minimum Gasteiger partial charge on any atom is -0.478 e. The molecule has 0 saturated heterocycles. The van der Waals surface area contributed by atoms with Crippen LogP contribution in [0.4, 0.5) is 5.69 Å². The number of pyridine rings is 1. The molecule has 1 heterocycles. The van der Waals surface area contributed by atoms with E-state index in [9.17, 15) is 9.59 Å². The van der Waals surface area contributed by atoms with Crippen molar-refractivity contribution in [2.45, 2.75) is 39.7 Å². The zero-order valence-electron chi connectivity index (χ0n) is 12.1. The second-order valence-corrected chi connectivity index (χ2v) is 4.73. The predicted octanol–water partition coefficient (Wildman–Crippen LogP) is 1.80. The summed E-state index contributed by atoms with van der Waals surface area (Å²) in [5.41, 5.74) is 1.32. The molecule has 1 rings (SSSR count). The van der Waals surface area contributed by atoms with Gasteiger partial charge in [-0.3, -0.25) is 9.78 Å². The molecule has 0 bridgehead atoms. The number of nitrogens with one attached hydrogen (secondary N) is 2. The van der Waals surface area contributed by atoms with Gasteiger partial charge in [0.15, 0.2) is 0 Å². The van der Waals surface area contributed by atoms with Gasteiger partial charge in [-0.1, -0.05) is 6.92 Å². The number of amides is 1. The van der Waals surface area contributed by atoms with Crippen molar-refractivity contribution in [2.75, 3.05) is 11.9 Å². The van der Waals surface area contributed by atoms with E-state index in [2.05, 4.69) is 15.6 Å². The molecule has 1 unspecified atom stereocenters. The van der Waals surface area contributed by atoms with Crippen LogP contribution in [0.5, 0.6) is 0 Å². The maximum absolute atomic E-state index is 11.6. The molecular weight excluding hydrogens is 258 g/mol. The highest BCUT2D eigenvalue weighted by Gasteiger charge is 2.11. The first kappa shape index (κ1) is 15.9. The zero-order valence-corrected chi connectivity index (χ0v) is 12.1. The first-order valence-corrected chi connectivity index (χ1v) is 6.67. The average Bonchev–Trinajstić information content (AvgIpc) is 2.38. The van der Waals surface area contributed by atoms with Gasteiger partial charge >= 0.3 is 5.97 Å². The fraction of sp³-hybridized carbons (Fsp3) is 0.500. The molecule has 1 aromatic rings. The van der Waals surface area contributed by atoms with E-state index in [0.29, 0.717) is 18.7 Å². The smallest absolute Gasteiger partial charge is 0.339 e. The third-order valence-electron chi connectivity index (χ3n) is 2.96. The normalized spacial score (nSPS) is 11.8. The van der Waals surface area contributed by atoms with E-state index in [1.807, 2.05) is 13.8 Å². The molecule has 6 heteroatoms. The number of hydrogen-bond acceptors (Lipinski definition) is 4. The lowest BCUT2D eigenvalue weighted by Crippen LogP contribution is -2.33. The highest BCUT2D eigenvalue weighted by molar-refractivity contribution is 5.93. The summed E-state index contributed by atoms with van der Waals surface area (Å²) in [6.07, 6.45) is 2.50. The zero-order chi connectivity index (χ0) is 15.1. The summed E-state index contributed by atoms with van der Waals surface area (Å²) in [6, 6.07) is 1.82. The maximum Gasteiger partial charge on any atom is 0.339 e. The highest BCUT2D eigenvalue weighted by atomic mass is 16.4. The van der Waals surface area contributed by atoms with E-state index < -0.39 is 5.97 Å². The van der Waals surface area contributed by atoms with Crippen LogP contribution in [0, 0.1) is 6.92 Å². The number of aromatic carboxylic acids is 1. The Hall–Kier alpha value is -2.11. The fourth-order valence-corrected chi connectivity index (χ4v) is 1.64. The Bertz CT molecular complexity index is 489. The van der Waals surface area contributed by atoms with Gasteiger partial charge < -0.3 is 15.7 Å². The molecule has 0 aromatic carbocycles. The number of aryl methyl sites for hydroxylation is 1. The van der Waals surface area contributed by atoms with Crippen LogP contribution in [0.3, 0.4) is 0 Å². The van der Waals surface area contributed by atoms with Crippen molar-refractivity contribution in [1.29, 1.82) is 0 Å². The van der Waals surface area contributed by atoms with Crippen molar-refractivity contribution in [1.82, 2.24) is 10.3 Å². The van der Waals surface area contributed by atoms with Gasteiger partial charge in [-0.15, -0.1) is 0 Å². The number of carbonyl (C=O) groups is 2. The number of anilines is 1. The van der Waals surface area contributed by atoms with Crippen molar-refractivity contribution < 1.29 is 14.7 Å². The van der Waals surface area contributed by atoms with Gasteiger partial charge in [-0.05, 0) is 26.3 Å². The van der Waals surface area contributed by atoms with Crippen molar-refractivity contribution in [2.24, 2.45) is 0 Å². The summed E-state index contributed by atoms with van der Waals surface area (Å²) in [7, 11) is 0. The number of aromatic nitrogens is 1. The molecule has 3 N–H and O–H groups in total. The Morgan fingerprint density at radius 2 is 2.15 bits per heavy atom. The largest absolute Gasteiger partial charge is 0.478 e. The number of carbonyl (C=O) groups excluding carboxylic acids is 1. The highest BCUT2D eigenvalue weighted by Crippen LogP contribution is 2.15. The lowest BCUT2D eigenvalue weighted by Gasteiger charge is -2.13. The molecule has 0 fully saturated rings. The number of rotatable bonds is 7. The number of nitrogens with zero attached hydrogens (tertiary/aromatic N) is 1. The second-order valence-electron chi connectivity index (χ2n) is 4.73. The molecule has 6 nitrogen and oxygen atoms in total. The van der Waals surface area contributed by atoms with Gasteiger partial charge in [0.1, 0.15) is 5.56 Å². The standard InChI is InChI=1S/C14H21N3O3/c1-4-9(2)17-13(18)5-6-15-12-7-10(3)16-8-11(12)14(19)20/h7-9H,4-6H2,1-3H3,(H,15,16)(H,17,18)(H,19,20). The Balaban J connectivity index is 2.55. The molecule has 1 atom stereocenters. The van der Waals surface area contributed by atoms with Crippen molar-refractivity contribution in [3.8, 4) is 0 Å². The minimum atomic E-state index is -1.04. The predicted molar refractivity (Wildman–Crippen MR) is 76.9 cm³/mol. The van der Waals surface area contributed by atoms with E-state index in [-0.39, 0.29) is 17.5 Å². The van der Waals surface area contributed by atoms with Crippen LogP contribution in [0.2, 0.25) is 0 Å². The van der Waals surface area contributed by atoms with E-state index in [1.54, 1.807) is 13.0 Å². The number of carboxylic acids is 1. The number of carboxylic acid groups (broad SMARTS) is 1. The van der Waals surface area contributed by atoms with Crippen LogP contribution in [0.1, 0.15) is 42.7 Å². The summed E-state index contributed by atoms with van der Waals surface area (Å²) < 4.78 is 0. The third-order valence-corrected chi connectivity index (χ3v) is 2.96. The first-order valence-electron chi connectivity index (χ1n) is 6.67. The monoisotopic (exact) mass is 279 g/mol. The Labute approximate surface area is 118 Å². The molecule has 0 aliphatic rings. The van der Waals surface area contributed by atoms with Crippen LogP contribution in [-0.2, 0) is 4.79 Å². The molecule has 0 aliphatic heterocycles. The Kier molecular flexibility index (Phi) is 5.96. The molecule has 0 saturated carbocycles. The van der Waals surface area contributed by atoms with Gasteiger partial charge in [0.25, 0.3) is 0 Å². The van der Waals surface area contributed by atoms with Crippen molar-refractivity contribution >= 4 is 17.6 Å². The van der Waals surface area contributed by atoms with Gasteiger partial charge in [0.2, 0.25) is 5.91 Å². The van der Waals surface area contributed by atoms with Crippen molar-refractivity contribution in [3.63, 3.8) is 0 Å². The summed E-state index contributed by atoms with van der Waals surface area (Å²) in [5, 5.41) is 14.9. The van der Waals surface area contributed by atoms with E-state index in [4.69, 9.17) is 5.11 Å². The summed E-state index contributed by atoms with van der Waals surface area (Å²) in [6.45, 7) is 6.11. The van der Waals surface area contributed by atoms with E-state index in [1.165, 1.54) is 6.20 Å². The molecule has 1 aromatic heterocycles. The van der Waals surface area contributed by atoms with Crippen LogP contribution < -0.4 is 10.6 Å². The maximum atomic E-state index is 11.6. The summed E-state index contributed by atoms with van der Waals surface area (Å²) >= 11 is 0. The summed E-state index contributed by atoms with van der Waals surface area (Å²) in [5.74, 6) is -1.08. The van der Waals surface area contributed by atoms with Gasteiger partial charge in [-0.2, -0.15) is 0 Å². The van der Waals surface area contributed by atoms with Crippen LogP contribution in [0.25, 0.3) is 0 Å². The SMILES string of the molecule is CCC(C)NC(=O)CCNc1cc(C)ncc1C(=O)O. The molecule has 0 aliphatic carbocycles. The van der Waals surface area contributed by atoms with Crippen LogP contribution in [-0.4, -0.2) is 34.6 Å². The fourth-order valence-electron chi connectivity index (χ4n) is 1.64. The molecule has 0 spiro atoms. The average molecular weight is 279 g/mol. The molecular formula is C14H21N3O3. The van der Waals surface area contributed by atoms with Gasteiger partial charge in [0, 0.05) is 30.9 Å². The summed E-state index contributed by atoms with van der Waals surface area (Å²) in [4.78, 5) is 26.6. The molecule has 0 radical (unpaired) electrons. The van der Waals surface area contributed by atoms with Crippen molar-refractivity contribution in [3.05, 3.63) is 23.5 Å². The molecule has 110 valence electrons. The van der Waals surface area contributed by atoms with E-state index >= 15 is 0 Å². The van der Waals surface area contributed by atoms with Crippen LogP contribution >= 0.6 is 0 Å². The lowest BCUT2D eigenvalue weighted by molar-refractivity contribution is -0.121. The lowest BCUT2D eigenvalue weighted by atomic mass is 10.2. The van der Waals surface area contributed by atoms with Gasteiger partial charge in [-0.25, -0.2) is 4.79 Å². The second kappa shape index (κ2) is 7.47. The number of hydrogen-bond donors (Lipinski definition) is 3. The third kappa shape index (κ3) is 4.87. The molecule has 1 amide bonds. The Morgan fingerprint density at radius 3 is 2.75 bits per heavy atom. The first-order chi connectivity index (χ1) is 9.43. The molecule has 20 heavy (non-hydrogen) atoms.